The molecule has 0 rings (SSSR count). The van der Waals surface area contributed by atoms with Gasteiger partial charge >= 0.3 is 0 Å². The number of rotatable bonds is 1. The summed E-state index contributed by atoms with van der Waals surface area (Å²) < 4.78 is 0. The van der Waals surface area contributed by atoms with E-state index in [4.69, 9.17) is 6.42 Å². The van der Waals surface area contributed by atoms with Crippen LogP contribution in [0.25, 0.3) is 0 Å². The molecule has 0 unspecified atom stereocenters. The summed E-state index contributed by atoms with van der Waals surface area (Å²) in [6.45, 7) is 1.84. The number of carbonyl (C=O) groups excluding carboxylic acids is 1. The number of carbonyl (C=O) groups is 1. The minimum Gasteiger partial charge on any atom is -0.334 e. The van der Waals surface area contributed by atoms with Crippen LogP contribution >= 0.6 is 0 Å². The summed E-state index contributed by atoms with van der Waals surface area (Å²) in [6, 6.07) is 0. The first-order chi connectivity index (χ1) is 4.31. The maximum Gasteiger partial charge on any atom is 0.296 e. The van der Waals surface area contributed by atoms with Crippen molar-refractivity contribution in [3.63, 3.8) is 0 Å². The third-order valence-corrected chi connectivity index (χ3v) is 0.590. The van der Waals surface area contributed by atoms with E-state index in [9.17, 15) is 4.79 Å². The van der Waals surface area contributed by atoms with Gasteiger partial charge in [-0.25, -0.2) is 0 Å². The summed E-state index contributed by atoms with van der Waals surface area (Å²) in [5, 5.41) is 2.38. The molecule has 2 heteroatoms. The Bertz CT molecular complexity index is 189. The molecule has 0 aliphatic rings. The van der Waals surface area contributed by atoms with Crippen LogP contribution in [-0.2, 0) is 4.79 Å². The highest BCUT2D eigenvalue weighted by Gasteiger charge is 1.87. The van der Waals surface area contributed by atoms with Crippen LogP contribution < -0.4 is 5.32 Å². The van der Waals surface area contributed by atoms with Gasteiger partial charge in [0.1, 0.15) is 0 Å². The second-order valence-electron chi connectivity index (χ2n) is 1.26. The van der Waals surface area contributed by atoms with Crippen molar-refractivity contribution in [2.75, 3.05) is 6.54 Å². The molecule has 0 aliphatic heterocycles. The molecule has 0 fully saturated rings. The van der Waals surface area contributed by atoms with Crippen LogP contribution in [0.1, 0.15) is 6.92 Å². The first-order valence-electron chi connectivity index (χ1n) is 2.45. The Labute approximate surface area is 54.6 Å². The molecule has 1 N–H and O–H groups in total. The van der Waals surface area contributed by atoms with E-state index in [0.29, 0.717) is 0 Å². The van der Waals surface area contributed by atoms with Crippen LogP contribution in [0, 0.1) is 24.2 Å². The molecule has 9 heavy (non-hydrogen) atoms. The van der Waals surface area contributed by atoms with Crippen LogP contribution in [0.2, 0.25) is 0 Å². The summed E-state index contributed by atoms with van der Waals surface area (Å²) in [6.07, 6.45) is 4.86. The van der Waals surface area contributed by atoms with Gasteiger partial charge in [0.25, 0.3) is 5.91 Å². The van der Waals surface area contributed by atoms with Crippen molar-refractivity contribution in [1.82, 2.24) is 5.32 Å². The van der Waals surface area contributed by atoms with E-state index in [-0.39, 0.29) is 12.5 Å². The molecule has 0 heterocycles. The average Bonchev–Trinajstić information content (AvgIpc) is 1.85. The lowest BCUT2D eigenvalue weighted by molar-refractivity contribution is -0.115. The van der Waals surface area contributed by atoms with Gasteiger partial charge in [-0.3, -0.25) is 4.79 Å². The van der Waals surface area contributed by atoms with Gasteiger partial charge in [0.15, 0.2) is 0 Å². The number of hydrogen-bond acceptors (Lipinski definition) is 1. The minimum absolute atomic E-state index is 0.244. The zero-order valence-corrected chi connectivity index (χ0v) is 5.19. The van der Waals surface area contributed by atoms with E-state index in [1.165, 1.54) is 0 Å². The van der Waals surface area contributed by atoms with Gasteiger partial charge in [0.05, 0.1) is 6.54 Å². The van der Waals surface area contributed by atoms with Crippen LogP contribution in [0.15, 0.2) is 0 Å². The van der Waals surface area contributed by atoms with Crippen molar-refractivity contribution in [3.8, 4) is 24.2 Å². The first-order valence-corrected chi connectivity index (χ1v) is 2.45. The van der Waals surface area contributed by atoms with Gasteiger partial charge in [0.2, 0.25) is 0 Å². The molecule has 0 aromatic rings. The van der Waals surface area contributed by atoms with Gasteiger partial charge in [-0.15, -0.1) is 6.42 Å². The van der Waals surface area contributed by atoms with Crippen LogP contribution in [0.4, 0.5) is 0 Å². The van der Waals surface area contributed by atoms with Crippen LogP contribution in [0.5, 0.6) is 0 Å². The number of amides is 1. The smallest absolute Gasteiger partial charge is 0.296 e. The highest BCUT2D eigenvalue weighted by molar-refractivity contribution is 5.93. The van der Waals surface area contributed by atoms with Crippen LogP contribution in [-0.4, -0.2) is 12.5 Å². The fourth-order valence-electron chi connectivity index (χ4n) is 0.289. The maximum atomic E-state index is 10.4. The molecule has 0 aromatic carbocycles. The summed E-state index contributed by atoms with van der Waals surface area (Å²) in [5.41, 5.74) is 0. The Hall–Kier alpha value is -1.41. The number of terminal acetylenes is 1. The maximum absolute atomic E-state index is 10.4. The lowest BCUT2D eigenvalue weighted by Crippen LogP contribution is -2.21. The highest BCUT2D eigenvalue weighted by Crippen LogP contribution is 1.59. The van der Waals surface area contributed by atoms with Gasteiger partial charge < -0.3 is 5.32 Å². The first kappa shape index (κ1) is 7.59. The molecule has 0 aliphatic carbocycles. The third kappa shape index (κ3) is 4.44. The van der Waals surface area contributed by atoms with Crippen molar-refractivity contribution in [3.05, 3.63) is 0 Å². The van der Waals surface area contributed by atoms with E-state index in [0.717, 1.165) is 0 Å². The van der Waals surface area contributed by atoms with Gasteiger partial charge in [0, 0.05) is 0 Å². The largest absolute Gasteiger partial charge is 0.334 e. The predicted molar refractivity (Wildman–Crippen MR) is 35.3 cm³/mol. The van der Waals surface area contributed by atoms with E-state index in [2.05, 4.69) is 23.1 Å². The molecule has 0 radical (unpaired) electrons. The number of nitrogens with one attached hydrogen (secondary N) is 1. The zero-order valence-electron chi connectivity index (χ0n) is 5.19. The predicted octanol–water partition coefficient (Wildman–Crippen LogP) is -0.241. The Morgan fingerprint density at radius 2 is 2.44 bits per heavy atom. The lowest BCUT2D eigenvalue weighted by atomic mass is 10.5. The molecule has 1 amide bonds. The minimum atomic E-state index is -0.324. The van der Waals surface area contributed by atoms with Crippen molar-refractivity contribution >= 4 is 5.91 Å². The third-order valence-electron chi connectivity index (χ3n) is 0.590. The fourth-order valence-corrected chi connectivity index (χ4v) is 0.289. The van der Waals surface area contributed by atoms with Crippen molar-refractivity contribution in [2.45, 2.75) is 6.92 Å². The molecule has 0 atom stereocenters. The molecule has 0 bridgehead atoms. The zero-order chi connectivity index (χ0) is 7.11. The SMILES string of the molecule is C#CCNC(=O)C#CC. The number of hydrogen-bond donors (Lipinski definition) is 1. The Morgan fingerprint density at radius 1 is 1.78 bits per heavy atom. The summed E-state index contributed by atoms with van der Waals surface area (Å²) in [4.78, 5) is 10.4. The molecule has 46 valence electrons. The normalized spacial score (nSPS) is 6.22. The molecule has 0 aromatic heterocycles. The van der Waals surface area contributed by atoms with Crippen molar-refractivity contribution < 1.29 is 4.79 Å². The van der Waals surface area contributed by atoms with Crippen LogP contribution in [0.3, 0.4) is 0 Å². The molecular weight excluding hydrogens is 114 g/mol. The Balaban J connectivity index is 3.51. The monoisotopic (exact) mass is 121 g/mol. The summed E-state index contributed by atoms with van der Waals surface area (Å²) >= 11 is 0. The Morgan fingerprint density at radius 3 is 2.89 bits per heavy atom. The second kappa shape index (κ2) is 4.74. The fraction of sp³-hybridized carbons (Fsp3) is 0.286. The van der Waals surface area contributed by atoms with Gasteiger partial charge in [-0.05, 0) is 12.8 Å². The van der Waals surface area contributed by atoms with E-state index < -0.39 is 0 Å². The average molecular weight is 121 g/mol. The Kier molecular flexibility index (Phi) is 4.00. The quantitative estimate of drug-likeness (QED) is 0.476. The van der Waals surface area contributed by atoms with Crippen molar-refractivity contribution in [1.29, 1.82) is 0 Å². The van der Waals surface area contributed by atoms with E-state index in [1.807, 2.05) is 0 Å². The molecule has 0 spiro atoms. The molecule has 2 nitrogen and oxygen atoms in total. The summed E-state index contributed by atoms with van der Waals surface area (Å²) in [5.74, 6) is 6.66. The molecule has 0 saturated carbocycles. The van der Waals surface area contributed by atoms with Gasteiger partial charge in [-0.1, -0.05) is 11.8 Å². The van der Waals surface area contributed by atoms with E-state index in [1.54, 1.807) is 6.92 Å². The summed E-state index contributed by atoms with van der Waals surface area (Å²) in [7, 11) is 0. The second-order valence-corrected chi connectivity index (χ2v) is 1.26. The van der Waals surface area contributed by atoms with Gasteiger partial charge in [-0.2, -0.15) is 0 Å². The molecular formula is C7H7NO. The standard InChI is InChI=1S/C7H7NO/c1-3-5-7(9)8-6-4-2/h2H,6H2,1H3,(H,8,9). The highest BCUT2D eigenvalue weighted by atomic mass is 16.1. The topological polar surface area (TPSA) is 29.1 Å². The van der Waals surface area contributed by atoms with E-state index >= 15 is 0 Å². The molecule has 0 saturated heterocycles. The lowest BCUT2D eigenvalue weighted by Gasteiger charge is -1.88. The van der Waals surface area contributed by atoms with Crippen molar-refractivity contribution in [2.24, 2.45) is 0 Å².